The molecule has 2 aliphatic heterocycles. The third-order valence-corrected chi connectivity index (χ3v) is 11.1. The van der Waals surface area contributed by atoms with E-state index < -0.39 is 12.2 Å². The largest absolute Gasteiger partial charge is 0.497 e. The number of benzene rings is 5. The second-order valence-electron chi connectivity index (χ2n) is 14.7. The maximum atomic E-state index is 14.5. The Balaban J connectivity index is 1.09. The number of rotatable bonds is 14. The first-order chi connectivity index (χ1) is 27.7. The summed E-state index contributed by atoms with van der Waals surface area (Å²) in [6.45, 7) is 3.13. The van der Waals surface area contributed by atoms with Crippen molar-refractivity contribution in [2.75, 3.05) is 27.2 Å². The zero-order chi connectivity index (χ0) is 39.9. The van der Waals surface area contributed by atoms with E-state index in [2.05, 4.69) is 30.4 Å². The highest BCUT2D eigenvalue weighted by Crippen LogP contribution is 2.32. The Kier molecular flexibility index (Phi) is 12.1. The molecule has 0 saturated carbocycles. The molecule has 2 fully saturated rings. The van der Waals surface area contributed by atoms with Crippen molar-refractivity contribution in [3.63, 3.8) is 0 Å². The Morgan fingerprint density at radius 3 is 2.28 bits per heavy atom. The summed E-state index contributed by atoms with van der Waals surface area (Å²) in [5.74, 6) is 0.0909. The number of hydrogen-bond acceptors (Lipinski definition) is 7. The summed E-state index contributed by atoms with van der Waals surface area (Å²) < 4.78 is 10.8. The summed E-state index contributed by atoms with van der Waals surface area (Å²) >= 11 is 0. The molecular weight excluding hydrogens is 719 g/mol. The predicted octanol–water partition coefficient (Wildman–Crippen LogP) is 6.66. The quantitative estimate of drug-likeness (QED) is 0.126. The number of piperazine rings is 1. The van der Waals surface area contributed by atoms with E-state index in [0.717, 1.165) is 50.8 Å². The van der Waals surface area contributed by atoms with E-state index in [0.29, 0.717) is 19.5 Å². The summed E-state index contributed by atoms with van der Waals surface area (Å²) in [6, 6.07) is 38.1. The van der Waals surface area contributed by atoms with Crippen LogP contribution < -0.4 is 10.1 Å². The van der Waals surface area contributed by atoms with Gasteiger partial charge in [0.15, 0.2) is 0 Å². The van der Waals surface area contributed by atoms with Crippen LogP contribution in [0.15, 0.2) is 121 Å². The fourth-order valence-electron chi connectivity index (χ4n) is 7.88. The van der Waals surface area contributed by atoms with E-state index in [-0.39, 0.29) is 55.8 Å². The maximum Gasteiger partial charge on any atom is 0.332 e. The van der Waals surface area contributed by atoms with Gasteiger partial charge in [-0.25, -0.2) is 4.79 Å². The van der Waals surface area contributed by atoms with Gasteiger partial charge in [-0.05, 0) is 63.1 Å². The van der Waals surface area contributed by atoms with Crippen LogP contribution in [0, 0.1) is 0 Å². The molecule has 2 saturated heterocycles. The molecule has 0 aliphatic carbocycles. The molecule has 1 N–H and O–H groups in total. The van der Waals surface area contributed by atoms with Crippen molar-refractivity contribution in [2.24, 2.45) is 0 Å². The van der Waals surface area contributed by atoms with E-state index >= 15 is 0 Å². The smallest absolute Gasteiger partial charge is 0.332 e. The second-order valence-corrected chi connectivity index (χ2v) is 14.7. The Hall–Kier alpha value is -6.20. The number of hydrazine groups is 1. The molecule has 7 rings (SSSR count). The Labute approximate surface area is 333 Å². The van der Waals surface area contributed by atoms with Gasteiger partial charge in [-0.3, -0.25) is 19.4 Å². The molecule has 5 aromatic rings. The average molecular weight is 768 g/mol. The van der Waals surface area contributed by atoms with Gasteiger partial charge in [0.05, 0.1) is 26.6 Å². The number of ether oxygens (including phenoxy) is 2. The van der Waals surface area contributed by atoms with E-state index in [1.807, 2.05) is 108 Å². The number of urea groups is 1. The lowest BCUT2D eigenvalue weighted by molar-refractivity contribution is -0.157. The van der Waals surface area contributed by atoms with E-state index in [1.165, 1.54) is 5.01 Å². The fourth-order valence-corrected chi connectivity index (χ4v) is 7.88. The van der Waals surface area contributed by atoms with Gasteiger partial charge in [0, 0.05) is 26.6 Å². The molecule has 5 aromatic carbocycles. The third kappa shape index (κ3) is 8.94. The van der Waals surface area contributed by atoms with Crippen LogP contribution in [0.1, 0.15) is 53.5 Å². The SMILES string of the molecule is CCC(CC(=O)OCc1ccccc1)c1ccc(C[C@H]2C(=O)N(Cc3cccc4ccccc34)C[C@H]3N2C(=O)CN3N(C)C(=O)NCc2ccc(OC)cc2)cc1. The zero-order valence-corrected chi connectivity index (χ0v) is 32.7. The van der Waals surface area contributed by atoms with Crippen LogP contribution in [0.5, 0.6) is 5.75 Å². The van der Waals surface area contributed by atoms with Crippen LogP contribution in [-0.2, 0) is 45.2 Å². The number of amides is 4. The molecule has 0 bridgehead atoms. The van der Waals surface area contributed by atoms with Gasteiger partial charge in [-0.1, -0.05) is 116 Å². The van der Waals surface area contributed by atoms with Crippen LogP contribution in [0.4, 0.5) is 4.79 Å². The molecule has 294 valence electrons. The summed E-state index contributed by atoms with van der Waals surface area (Å²) in [6.07, 6.45) is 0.751. The summed E-state index contributed by atoms with van der Waals surface area (Å²) in [4.78, 5) is 58.3. The van der Waals surface area contributed by atoms with Crippen molar-refractivity contribution < 1.29 is 28.7 Å². The topological polar surface area (TPSA) is 112 Å². The minimum atomic E-state index is -0.784. The van der Waals surface area contributed by atoms with Crippen LogP contribution >= 0.6 is 0 Å². The van der Waals surface area contributed by atoms with E-state index in [1.54, 1.807) is 24.1 Å². The van der Waals surface area contributed by atoms with Gasteiger partial charge >= 0.3 is 12.0 Å². The number of hydrogen-bond donors (Lipinski definition) is 1. The lowest BCUT2D eigenvalue weighted by Crippen LogP contribution is -2.65. The van der Waals surface area contributed by atoms with Crippen molar-refractivity contribution in [1.82, 2.24) is 25.1 Å². The van der Waals surface area contributed by atoms with Crippen LogP contribution in [0.3, 0.4) is 0 Å². The highest BCUT2D eigenvalue weighted by molar-refractivity contribution is 5.92. The van der Waals surface area contributed by atoms with Crippen molar-refractivity contribution in [3.8, 4) is 5.75 Å². The van der Waals surface area contributed by atoms with Crippen LogP contribution in [0.25, 0.3) is 10.8 Å². The number of nitrogens with zero attached hydrogens (tertiary/aromatic N) is 4. The number of nitrogens with one attached hydrogen (secondary N) is 1. The summed E-state index contributed by atoms with van der Waals surface area (Å²) in [7, 11) is 3.26. The number of fused-ring (bicyclic) bond motifs is 2. The van der Waals surface area contributed by atoms with Gasteiger partial charge in [-0.2, -0.15) is 5.01 Å². The molecular formula is C46H49N5O6. The van der Waals surface area contributed by atoms with E-state index in [9.17, 15) is 19.2 Å². The van der Waals surface area contributed by atoms with Crippen molar-refractivity contribution in [2.45, 2.75) is 64.0 Å². The normalized spacial score (nSPS) is 17.3. The van der Waals surface area contributed by atoms with Crippen molar-refractivity contribution >= 4 is 34.6 Å². The van der Waals surface area contributed by atoms with E-state index in [4.69, 9.17) is 9.47 Å². The molecule has 0 aromatic heterocycles. The molecule has 1 unspecified atom stereocenters. The predicted molar refractivity (Wildman–Crippen MR) is 218 cm³/mol. The highest BCUT2D eigenvalue weighted by atomic mass is 16.5. The summed E-state index contributed by atoms with van der Waals surface area (Å²) in [5, 5.41) is 8.32. The molecule has 11 heteroatoms. The average Bonchev–Trinajstić information content (AvgIpc) is 3.58. The number of carbonyl (C=O) groups excluding carboxylic acids is 4. The number of carbonyl (C=O) groups is 4. The molecule has 3 atom stereocenters. The molecule has 2 heterocycles. The maximum absolute atomic E-state index is 14.5. The van der Waals surface area contributed by atoms with Gasteiger partial charge in [0.1, 0.15) is 24.6 Å². The molecule has 57 heavy (non-hydrogen) atoms. The van der Waals surface area contributed by atoms with Crippen LogP contribution in [-0.4, -0.2) is 83.1 Å². The monoisotopic (exact) mass is 767 g/mol. The molecule has 2 aliphatic rings. The highest BCUT2D eigenvalue weighted by Gasteiger charge is 2.51. The first kappa shape index (κ1) is 39.1. The Morgan fingerprint density at radius 1 is 0.842 bits per heavy atom. The standard InChI is InChI=1S/C46H49N5O6/c1-4-35(26-44(53)57-31-34-11-6-5-7-12-34)36-21-17-32(18-22-36)25-41-45(54)49(28-38-15-10-14-37-13-8-9-16-40(37)38)29-42-50(30-43(52)51(41)42)48(2)46(55)47-27-33-19-23-39(56-3)24-20-33/h5-24,35,41-42H,4,25-31H2,1-3H3,(H,47,55)/t35?,41-,42+/m0/s1. The number of methoxy groups -OCH3 is 1. The lowest BCUT2D eigenvalue weighted by atomic mass is 9.91. The number of esters is 1. The fraction of sp³-hybridized carbons (Fsp3) is 0.304. The zero-order valence-electron chi connectivity index (χ0n) is 32.7. The molecule has 0 spiro atoms. The first-order valence-electron chi connectivity index (χ1n) is 19.5. The Morgan fingerprint density at radius 2 is 1.54 bits per heavy atom. The Bertz CT molecular complexity index is 2190. The van der Waals surface area contributed by atoms with Gasteiger partial charge in [0.25, 0.3) is 0 Å². The van der Waals surface area contributed by atoms with Crippen molar-refractivity contribution in [3.05, 3.63) is 149 Å². The van der Waals surface area contributed by atoms with Crippen molar-refractivity contribution in [1.29, 1.82) is 0 Å². The van der Waals surface area contributed by atoms with Gasteiger partial charge in [0.2, 0.25) is 11.8 Å². The molecule has 0 radical (unpaired) electrons. The second kappa shape index (κ2) is 17.7. The van der Waals surface area contributed by atoms with Gasteiger partial charge in [-0.15, -0.1) is 0 Å². The summed E-state index contributed by atoms with van der Waals surface area (Å²) in [5.41, 5.74) is 4.75. The third-order valence-electron chi connectivity index (χ3n) is 11.1. The van der Waals surface area contributed by atoms with Gasteiger partial charge < -0.3 is 24.6 Å². The molecule has 11 nitrogen and oxygen atoms in total. The lowest BCUT2D eigenvalue weighted by Gasteiger charge is -2.46. The molecule has 4 amide bonds. The first-order valence-corrected chi connectivity index (χ1v) is 19.5. The minimum absolute atomic E-state index is 0.0284. The minimum Gasteiger partial charge on any atom is -0.497 e. The van der Waals surface area contributed by atoms with Crippen LogP contribution in [0.2, 0.25) is 0 Å².